The Morgan fingerprint density at radius 1 is 0.226 bits per heavy atom. The first kappa shape index (κ1) is 52.5. The van der Waals surface area contributed by atoms with Crippen LogP contribution in [-0.4, -0.2) is 158 Å². The minimum absolute atomic E-state index is 0.233. The van der Waals surface area contributed by atoms with Gasteiger partial charge < -0.3 is 56.8 Å². The highest BCUT2D eigenvalue weighted by Gasteiger charge is 1.98. The first-order valence-electron chi connectivity index (χ1n) is 21.2. The Bertz CT molecular complexity index is 632. The van der Waals surface area contributed by atoms with Crippen molar-refractivity contribution in [2.24, 2.45) is 0 Å². The van der Waals surface area contributed by atoms with Crippen molar-refractivity contribution in [2.45, 2.75) is 117 Å². The van der Waals surface area contributed by atoms with E-state index in [1.807, 2.05) is 13.8 Å². The lowest BCUT2D eigenvalue weighted by Crippen LogP contribution is -2.15. The quantitative estimate of drug-likeness (QED) is 0.0591. The van der Waals surface area contributed by atoms with Gasteiger partial charge in [0, 0.05) is 6.61 Å². The molecule has 0 amide bonds. The third-order valence-corrected chi connectivity index (χ3v) is 8.04. The topological polar surface area (TPSA) is 111 Å². The zero-order valence-corrected chi connectivity index (χ0v) is 34.6. The predicted octanol–water partition coefficient (Wildman–Crippen LogP) is 7.08. The first-order chi connectivity index (χ1) is 26.3. The molecule has 0 rings (SSSR count). The van der Waals surface area contributed by atoms with E-state index in [0.717, 1.165) is 13.0 Å². The van der Waals surface area contributed by atoms with Crippen LogP contribution < -0.4 is 0 Å². The van der Waals surface area contributed by atoms with Crippen molar-refractivity contribution >= 4 is 0 Å². The summed E-state index contributed by atoms with van der Waals surface area (Å²) in [7, 11) is 0. The summed E-state index contributed by atoms with van der Waals surface area (Å²) >= 11 is 0. The van der Waals surface area contributed by atoms with E-state index in [1.165, 1.54) is 83.5 Å². The van der Waals surface area contributed by atoms with Crippen molar-refractivity contribution in [1.82, 2.24) is 0 Å². The zero-order chi connectivity index (χ0) is 38.2. The van der Waals surface area contributed by atoms with E-state index in [4.69, 9.17) is 56.8 Å². The summed E-state index contributed by atoms with van der Waals surface area (Å²) in [6.45, 7) is 19.2. The summed E-state index contributed by atoms with van der Waals surface area (Å²) in [6, 6.07) is 0. The lowest BCUT2D eigenvalue weighted by Gasteiger charge is -2.09. The predicted molar refractivity (Wildman–Crippen MR) is 210 cm³/mol. The van der Waals surface area contributed by atoms with E-state index in [0.29, 0.717) is 145 Å². The molecule has 0 aliphatic heterocycles. The van der Waals surface area contributed by atoms with Gasteiger partial charge in [-0.3, -0.25) is 0 Å². The number of rotatable bonds is 49. The summed E-state index contributed by atoms with van der Waals surface area (Å²) in [4.78, 5) is 0. The largest absolute Gasteiger partial charge is 0.379 e. The van der Waals surface area contributed by atoms with Gasteiger partial charge in [-0.2, -0.15) is 0 Å². The molecule has 0 spiro atoms. The maximum absolute atomic E-state index is 5.69. The van der Waals surface area contributed by atoms with Crippen LogP contribution in [0.2, 0.25) is 0 Å². The van der Waals surface area contributed by atoms with Gasteiger partial charge in [-0.05, 0) is 20.3 Å². The summed E-state index contributed by atoms with van der Waals surface area (Å²) in [5.74, 6) is 0. The fourth-order valence-electron chi connectivity index (χ4n) is 5.04. The summed E-state index contributed by atoms with van der Waals surface area (Å²) < 4.78 is 66.1. The molecule has 0 heterocycles. The molecule has 12 heteroatoms. The molecule has 53 heavy (non-hydrogen) atoms. The molecular formula is C41H84O12. The van der Waals surface area contributed by atoms with Crippen molar-refractivity contribution in [1.29, 1.82) is 0 Å². The van der Waals surface area contributed by atoms with Crippen molar-refractivity contribution in [3.05, 3.63) is 0 Å². The third-order valence-electron chi connectivity index (χ3n) is 8.04. The molecule has 0 N–H and O–H groups in total. The van der Waals surface area contributed by atoms with E-state index >= 15 is 0 Å². The highest BCUT2D eigenvalue weighted by Crippen LogP contribution is 2.13. The Hall–Kier alpha value is -0.480. The van der Waals surface area contributed by atoms with E-state index in [2.05, 4.69) is 6.92 Å². The van der Waals surface area contributed by atoms with Crippen LogP contribution in [-0.2, 0) is 56.8 Å². The molecule has 320 valence electrons. The van der Waals surface area contributed by atoms with Gasteiger partial charge in [0.15, 0.2) is 0 Å². The second-order valence-corrected chi connectivity index (χ2v) is 13.3. The Kier molecular flexibility index (Phi) is 49.1. The van der Waals surface area contributed by atoms with Crippen LogP contribution in [0.5, 0.6) is 0 Å². The Morgan fingerprint density at radius 2 is 0.415 bits per heavy atom. The number of hydrogen-bond donors (Lipinski definition) is 0. The molecule has 0 bridgehead atoms. The molecule has 0 aromatic rings. The SMILES string of the molecule is CCCCCCCCCCCCCCCCOCCOCCOCCOCCOCCOCCOCCOCCOCCOCCOCCOC(C)C. The molecule has 0 fully saturated rings. The third kappa shape index (κ3) is 51.5. The van der Waals surface area contributed by atoms with Gasteiger partial charge in [-0.25, -0.2) is 0 Å². The van der Waals surface area contributed by atoms with Gasteiger partial charge in [-0.1, -0.05) is 90.4 Å². The van der Waals surface area contributed by atoms with Gasteiger partial charge in [0.1, 0.15) is 0 Å². The maximum Gasteiger partial charge on any atom is 0.0703 e. The van der Waals surface area contributed by atoms with Crippen LogP contribution in [0, 0.1) is 0 Å². The minimum atomic E-state index is 0.233. The summed E-state index contributed by atoms with van der Waals surface area (Å²) in [5.41, 5.74) is 0. The van der Waals surface area contributed by atoms with Crippen molar-refractivity contribution in [2.75, 3.05) is 152 Å². The van der Waals surface area contributed by atoms with Crippen molar-refractivity contribution in [3.8, 4) is 0 Å². The fraction of sp³-hybridized carbons (Fsp3) is 1.00. The van der Waals surface area contributed by atoms with E-state index in [-0.39, 0.29) is 6.10 Å². The molecule has 0 aliphatic rings. The molecule has 0 saturated carbocycles. The van der Waals surface area contributed by atoms with Crippen LogP contribution in [0.15, 0.2) is 0 Å². The average Bonchev–Trinajstić information content (AvgIpc) is 3.15. The summed E-state index contributed by atoms with van der Waals surface area (Å²) in [6.07, 6.45) is 19.5. The number of hydrogen-bond acceptors (Lipinski definition) is 12. The fourth-order valence-corrected chi connectivity index (χ4v) is 5.04. The average molecular weight is 769 g/mol. The molecule has 12 nitrogen and oxygen atoms in total. The van der Waals surface area contributed by atoms with E-state index < -0.39 is 0 Å². The van der Waals surface area contributed by atoms with Crippen LogP contribution in [0.1, 0.15) is 111 Å². The van der Waals surface area contributed by atoms with Crippen LogP contribution >= 0.6 is 0 Å². The highest BCUT2D eigenvalue weighted by atomic mass is 16.6. The number of unbranched alkanes of at least 4 members (excludes halogenated alkanes) is 13. The van der Waals surface area contributed by atoms with Crippen LogP contribution in [0.3, 0.4) is 0 Å². The molecule has 0 radical (unpaired) electrons. The summed E-state index contributed by atoms with van der Waals surface area (Å²) in [5, 5.41) is 0. The lowest BCUT2D eigenvalue weighted by atomic mass is 10.0. The Labute approximate surface area is 325 Å². The van der Waals surface area contributed by atoms with Gasteiger partial charge in [0.25, 0.3) is 0 Å². The molecule has 0 saturated heterocycles. The Morgan fingerprint density at radius 3 is 0.642 bits per heavy atom. The van der Waals surface area contributed by atoms with Gasteiger partial charge in [0.2, 0.25) is 0 Å². The van der Waals surface area contributed by atoms with E-state index in [1.54, 1.807) is 0 Å². The minimum Gasteiger partial charge on any atom is -0.379 e. The lowest BCUT2D eigenvalue weighted by molar-refractivity contribution is -0.0293. The molecule has 0 aliphatic carbocycles. The van der Waals surface area contributed by atoms with Gasteiger partial charge in [0.05, 0.1) is 151 Å². The first-order valence-corrected chi connectivity index (χ1v) is 21.2. The number of ether oxygens (including phenoxy) is 12. The standard InChI is InChI=1S/C41H84O12/c1-4-5-6-7-8-9-10-11-12-13-14-15-16-17-18-42-19-20-43-21-22-44-23-24-45-25-26-46-27-28-47-29-30-48-31-32-49-33-34-50-35-36-51-37-38-52-39-40-53-41(2)3/h41H,4-40H2,1-3H3. The highest BCUT2D eigenvalue weighted by molar-refractivity contribution is 4.49. The van der Waals surface area contributed by atoms with Crippen molar-refractivity contribution in [3.63, 3.8) is 0 Å². The Balaban J connectivity index is 3.05. The monoisotopic (exact) mass is 769 g/mol. The normalized spacial score (nSPS) is 11.8. The van der Waals surface area contributed by atoms with Crippen LogP contribution in [0.25, 0.3) is 0 Å². The molecule has 0 atom stereocenters. The van der Waals surface area contributed by atoms with E-state index in [9.17, 15) is 0 Å². The zero-order valence-electron chi connectivity index (χ0n) is 34.6. The van der Waals surface area contributed by atoms with Gasteiger partial charge in [-0.15, -0.1) is 0 Å². The second kappa shape index (κ2) is 49.5. The molecule has 0 aromatic heterocycles. The smallest absolute Gasteiger partial charge is 0.0703 e. The van der Waals surface area contributed by atoms with Crippen LogP contribution in [0.4, 0.5) is 0 Å². The second-order valence-electron chi connectivity index (χ2n) is 13.3. The van der Waals surface area contributed by atoms with Crippen molar-refractivity contribution < 1.29 is 56.8 Å². The molecular weight excluding hydrogens is 684 g/mol. The maximum atomic E-state index is 5.69. The van der Waals surface area contributed by atoms with Gasteiger partial charge >= 0.3 is 0 Å². The molecule has 0 unspecified atom stereocenters. The molecule has 0 aromatic carbocycles.